The largest absolute Gasteiger partial charge is 0.392 e. The summed E-state index contributed by atoms with van der Waals surface area (Å²) in [5.74, 6) is 0. The minimum Gasteiger partial charge on any atom is -0.392 e. The molecule has 0 fully saturated rings. The monoisotopic (exact) mass is 274 g/mol. The van der Waals surface area contributed by atoms with Crippen molar-refractivity contribution in [1.29, 1.82) is 0 Å². The van der Waals surface area contributed by atoms with Crippen molar-refractivity contribution in [1.82, 2.24) is 0 Å². The lowest BCUT2D eigenvalue weighted by atomic mass is 9.99. The van der Waals surface area contributed by atoms with E-state index in [0.29, 0.717) is 0 Å². The fourth-order valence-electron chi connectivity index (χ4n) is 2.40. The van der Waals surface area contributed by atoms with Crippen LogP contribution in [0.15, 0.2) is 72.8 Å². The highest BCUT2D eigenvalue weighted by Crippen LogP contribution is 2.25. The Kier molecular flexibility index (Phi) is 3.85. The fourth-order valence-corrected chi connectivity index (χ4v) is 2.40. The van der Waals surface area contributed by atoms with E-state index in [1.54, 1.807) is 0 Å². The molecule has 0 amide bonds. The third-order valence-corrected chi connectivity index (χ3v) is 3.74. The zero-order valence-electron chi connectivity index (χ0n) is 12.1. The molecule has 1 nitrogen and oxygen atoms in total. The van der Waals surface area contributed by atoms with Crippen LogP contribution in [0.3, 0.4) is 0 Å². The number of hydrogen-bond donors (Lipinski definition) is 1. The van der Waals surface area contributed by atoms with Gasteiger partial charge in [-0.3, -0.25) is 0 Å². The minimum atomic E-state index is 0.0899. The zero-order chi connectivity index (χ0) is 14.7. The molecule has 0 radical (unpaired) electrons. The lowest BCUT2D eigenvalue weighted by Gasteiger charge is -2.06. The van der Waals surface area contributed by atoms with Gasteiger partial charge >= 0.3 is 0 Å². The van der Waals surface area contributed by atoms with Gasteiger partial charge in [0, 0.05) is 0 Å². The van der Waals surface area contributed by atoms with E-state index in [-0.39, 0.29) is 6.61 Å². The molecule has 0 saturated carbocycles. The van der Waals surface area contributed by atoms with Gasteiger partial charge in [0.2, 0.25) is 0 Å². The first-order valence-electron chi connectivity index (χ1n) is 7.13. The number of hydrogen-bond acceptors (Lipinski definition) is 1. The number of aliphatic hydroxyl groups excluding tert-OH is 1. The average Bonchev–Trinajstić information content (AvgIpc) is 2.56. The first-order chi connectivity index (χ1) is 10.3. The summed E-state index contributed by atoms with van der Waals surface area (Å²) in [5.41, 5.74) is 7.04. The highest BCUT2D eigenvalue weighted by molar-refractivity contribution is 5.70. The summed E-state index contributed by atoms with van der Waals surface area (Å²) in [7, 11) is 0. The Hall–Kier alpha value is -2.38. The van der Waals surface area contributed by atoms with E-state index >= 15 is 0 Å². The van der Waals surface area contributed by atoms with E-state index in [9.17, 15) is 0 Å². The Labute approximate surface area is 125 Å². The smallest absolute Gasteiger partial charge is 0.0681 e. The van der Waals surface area contributed by atoms with Gasteiger partial charge in [0.05, 0.1) is 6.61 Å². The lowest BCUT2D eigenvalue weighted by Crippen LogP contribution is -1.84. The molecule has 3 rings (SSSR count). The predicted molar refractivity (Wildman–Crippen MR) is 88.0 cm³/mol. The highest BCUT2D eigenvalue weighted by atomic mass is 16.3. The van der Waals surface area contributed by atoms with Crippen molar-refractivity contribution < 1.29 is 5.11 Å². The van der Waals surface area contributed by atoms with Gasteiger partial charge in [-0.2, -0.15) is 0 Å². The molecule has 0 aliphatic carbocycles. The second-order valence-corrected chi connectivity index (χ2v) is 5.30. The second kappa shape index (κ2) is 5.94. The van der Waals surface area contributed by atoms with Crippen molar-refractivity contribution in [2.24, 2.45) is 0 Å². The van der Waals surface area contributed by atoms with E-state index in [0.717, 1.165) is 5.56 Å². The summed E-state index contributed by atoms with van der Waals surface area (Å²) < 4.78 is 0. The van der Waals surface area contributed by atoms with E-state index < -0.39 is 0 Å². The summed E-state index contributed by atoms with van der Waals surface area (Å²) in [5, 5.41) is 9.08. The molecular formula is C20H18O. The van der Waals surface area contributed by atoms with Crippen LogP contribution in [-0.4, -0.2) is 5.11 Å². The van der Waals surface area contributed by atoms with Gasteiger partial charge in [-0.15, -0.1) is 0 Å². The summed E-state index contributed by atoms with van der Waals surface area (Å²) >= 11 is 0. The van der Waals surface area contributed by atoms with Crippen LogP contribution in [0.2, 0.25) is 0 Å². The van der Waals surface area contributed by atoms with Crippen LogP contribution in [0.4, 0.5) is 0 Å². The van der Waals surface area contributed by atoms with Crippen molar-refractivity contribution >= 4 is 0 Å². The Morgan fingerprint density at radius 2 is 0.905 bits per heavy atom. The van der Waals surface area contributed by atoms with Crippen molar-refractivity contribution in [2.75, 3.05) is 0 Å². The predicted octanol–water partition coefficient (Wildman–Crippen LogP) is 4.82. The molecule has 104 valence electrons. The van der Waals surface area contributed by atoms with Crippen LogP contribution < -0.4 is 0 Å². The standard InChI is InChI=1S/C20H18O/c1-15-2-6-17(7-3-15)19-10-12-20(13-11-19)18-8-4-16(14-21)5-9-18/h2-13,21H,14H2,1H3. The molecule has 3 aromatic rings. The van der Waals surface area contributed by atoms with Crippen LogP contribution in [0.1, 0.15) is 11.1 Å². The molecule has 1 heteroatoms. The average molecular weight is 274 g/mol. The Morgan fingerprint density at radius 1 is 0.571 bits per heavy atom. The summed E-state index contributed by atoms with van der Waals surface area (Å²) in [6.45, 7) is 2.19. The first-order valence-corrected chi connectivity index (χ1v) is 7.13. The molecule has 21 heavy (non-hydrogen) atoms. The molecule has 3 aromatic carbocycles. The van der Waals surface area contributed by atoms with Crippen molar-refractivity contribution in [3.05, 3.63) is 83.9 Å². The molecule has 0 unspecified atom stereocenters. The third-order valence-electron chi connectivity index (χ3n) is 3.74. The van der Waals surface area contributed by atoms with Gasteiger partial charge in [0.1, 0.15) is 0 Å². The SMILES string of the molecule is Cc1ccc(-c2ccc(-c3ccc(CO)cc3)cc2)cc1. The summed E-state index contributed by atoms with van der Waals surface area (Å²) in [6.07, 6.45) is 0. The van der Waals surface area contributed by atoms with Gasteiger partial charge in [-0.05, 0) is 34.7 Å². The number of aryl methyl sites for hydroxylation is 1. The molecule has 0 atom stereocenters. The molecule has 0 spiro atoms. The minimum absolute atomic E-state index is 0.0899. The molecule has 0 heterocycles. The highest BCUT2D eigenvalue weighted by Gasteiger charge is 2.00. The Balaban J connectivity index is 1.87. The van der Waals surface area contributed by atoms with Crippen LogP contribution in [0.25, 0.3) is 22.3 Å². The van der Waals surface area contributed by atoms with Crippen molar-refractivity contribution in [3.8, 4) is 22.3 Å². The molecule has 0 aliphatic heterocycles. The van der Waals surface area contributed by atoms with E-state index in [2.05, 4.69) is 55.5 Å². The van der Waals surface area contributed by atoms with Gasteiger partial charge < -0.3 is 5.11 Å². The van der Waals surface area contributed by atoms with Gasteiger partial charge in [0.15, 0.2) is 0 Å². The quantitative estimate of drug-likeness (QED) is 0.726. The second-order valence-electron chi connectivity index (χ2n) is 5.30. The van der Waals surface area contributed by atoms with Crippen LogP contribution in [-0.2, 0) is 6.61 Å². The summed E-state index contributed by atoms with van der Waals surface area (Å²) in [4.78, 5) is 0. The topological polar surface area (TPSA) is 20.2 Å². The number of aliphatic hydroxyl groups is 1. The first kappa shape index (κ1) is 13.6. The van der Waals surface area contributed by atoms with Gasteiger partial charge in [0.25, 0.3) is 0 Å². The molecule has 1 N–H and O–H groups in total. The maximum atomic E-state index is 9.08. The molecule has 0 saturated heterocycles. The van der Waals surface area contributed by atoms with Gasteiger partial charge in [-0.25, -0.2) is 0 Å². The molecule has 0 aromatic heterocycles. The Morgan fingerprint density at radius 3 is 1.29 bits per heavy atom. The number of benzene rings is 3. The maximum Gasteiger partial charge on any atom is 0.0681 e. The maximum absolute atomic E-state index is 9.08. The third kappa shape index (κ3) is 3.04. The fraction of sp³-hybridized carbons (Fsp3) is 0.100. The zero-order valence-corrected chi connectivity index (χ0v) is 12.1. The number of rotatable bonds is 3. The van der Waals surface area contributed by atoms with Gasteiger partial charge in [-0.1, -0.05) is 78.4 Å². The molecular weight excluding hydrogens is 256 g/mol. The van der Waals surface area contributed by atoms with E-state index in [4.69, 9.17) is 5.11 Å². The summed E-state index contributed by atoms with van der Waals surface area (Å²) in [6, 6.07) is 25.2. The van der Waals surface area contributed by atoms with E-state index in [1.807, 2.05) is 24.3 Å². The van der Waals surface area contributed by atoms with Crippen LogP contribution in [0, 0.1) is 6.92 Å². The molecule has 0 aliphatic rings. The normalized spacial score (nSPS) is 10.6. The van der Waals surface area contributed by atoms with Crippen molar-refractivity contribution in [2.45, 2.75) is 13.5 Å². The Bertz CT molecular complexity index is 707. The van der Waals surface area contributed by atoms with Crippen LogP contribution >= 0.6 is 0 Å². The molecule has 0 bridgehead atoms. The van der Waals surface area contributed by atoms with Crippen molar-refractivity contribution in [3.63, 3.8) is 0 Å². The van der Waals surface area contributed by atoms with E-state index in [1.165, 1.54) is 27.8 Å². The van der Waals surface area contributed by atoms with Crippen LogP contribution in [0.5, 0.6) is 0 Å². The lowest BCUT2D eigenvalue weighted by molar-refractivity contribution is 0.282.